The van der Waals surface area contributed by atoms with E-state index < -0.39 is 10.0 Å². The normalized spacial score (nSPS) is 20.4. The molecular formula is C20H26N2O4S. The van der Waals surface area contributed by atoms with Gasteiger partial charge in [-0.3, -0.25) is 4.79 Å². The first-order valence-electron chi connectivity index (χ1n) is 9.29. The van der Waals surface area contributed by atoms with Gasteiger partial charge >= 0.3 is 0 Å². The van der Waals surface area contributed by atoms with Crippen LogP contribution in [0.1, 0.15) is 54.3 Å². The highest BCUT2D eigenvalue weighted by molar-refractivity contribution is 7.89. The zero-order valence-electron chi connectivity index (χ0n) is 15.7. The minimum Gasteiger partial charge on any atom is -0.468 e. The van der Waals surface area contributed by atoms with Gasteiger partial charge in [0.05, 0.1) is 17.7 Å². The van der Waals surface area contributed by atoms with Crippen LogP contribution in [0.3, 0.4) is 0 Å². The molecule has 0 spiro atoms. The summed E-state index contributed by atoms with van der Waals surface area (Å²) in [4.78, 5) is 12.8. The lowest BCUT2D eigenvalue weighted by Crippen LogP contribution is -2.37. The summed E-state index contributed by atoms with van der Waals surface area (Å²) in [5, 5.41) is 3.06. The fourth-order valence-corrected chi connectivity index (χ4v) is 4.36. The first-order valence-corrected chi connectivity index (χ1v) is 10.8. The standard InChI is InChI=1S/C20H26N2O4S/c1-14-5-8-16(9-6-14)22-20(23)19-12-18(10-7-15(19)2)27(24,25)21-13-17-4-3-11-26-17/h3-4,7,10-12,14,16,21H,5-6,8-9,13H2,1-2H3,(H,22,23). The highest BCUT2D eigenvalue weighted by atomic mass is 32.2. The first kappa shape index (κ1) is 19.6. The van der Waals surface area contributed by atoms with Crippen molar-refractivity contribution in [1.29, 1.82) is 0 Å². The molecule has 0 aliphatic heterocycles. The van der Waals surface area contributed by atoms with Crippen molar-refractivity contribution in [2.45, 2.75) is 57.0 Å². The molecule has 0 bridgehead atoms. The highest BCUT2D eigenvalue weighted by Crippen LogP contribution is 2.24. The summed E-state index contributed by atoms with van der Waals surface area (Å²) in [5.41, 5.74) is 1.15. The van der Waals surface area contributed by atoms with E-state index in [1.807, 2.05) is 6.92 Å². The fraction of sp³-hybridized carbons (Fsp3) is 0.450. The number of hydrogen-bond acceptors (Lipinski definition) is 4. The lowest BCUT2D eigenvalue weighted by Gasteiger charge is -2.27. The van der Waals surface area contributed by atoms with Gasteiger partial charge in [-0.1, -0.05) is 13.0 Å². The predicted octanol–water partition coefficient (Wildman–Crippen LogP) is 3.38. The van der Waals surface area contributed by atoms with Crippen LogP contribution in [0.5, 0.6) is 0 Å². The Morgan fingerprint density at radius 3 is 2.59 bits per heavy atom. The summed E-state index contributed by atoms with van der Waals surface area (Å²) in [6.45, 7) is 4.10. The molecule has 1 aromatic heterocycles. The topological polar surface area (TPSA) is 88.4 Å². The average molecular weight is 391 g/mol. The van der Waals surface area contributed by atoms with Crippen LogP contribution in [0.2, 0.25) is 0 Å². The molecular weight excluding hydrogens is 364 g/mol. The average Bonchev–Trinajstić information content (AvgIpc) is 3.16. The van der Waals surface area contributed by atoms with Crippen molar-refractivity contribution in [2.24, 2.45) is 5.92 Å². The van der Waals surface area contributed by atoms with Crippen LogP contribution in [0.15, 0.2) is 45.9 Å². The number of carbonyl (C=O) groups is 1. The Morgan fingerprint density at radius 1 is 1.19 bits per heavy atom. The van der Waals surface area contributed by atoms with Gasteiger partial charge in [0.25, 0.3) is 5.91 Å². The number of benzene rings is 1. The maximum atomic E-state index is 12.7. The van der Waals surface area contributed by atoms with Crippen LogP contribution in [0.25, 0.3) is 0 Å². The van der Waals surface area contributed by atoms with Gasteiger partial charge in [0.2, 0.25) is 10.0 Å². The molecule has 7 heteroatoms. The number of nitrogens with one attached hydrogen (secondary N) is 2. The summed E-state index contributed by atoms with van der Waals surface area (Å²) in [6.07, 6.45) is 5.64. The monoisotopic (exact) mass is 390 g/mol. The van der Waals surface area contributed by atoms with E-state index in [9.17, 15) is 13.2 Å². The van der Waals surface area contributed by atoms with Crippen molar-refractivity contribution in [3.63, 3.8) is 0 Å². The Hall–Kier alpha value is -2.12. The van der Waals surface area contributed by atoms with Gasteiger partial charge in [0, 0.05) is 11.6 Å². The van der Waals surface area contributed by atoms with Crippen molar-refractivity contribution >= 4 is 15.9 Å². The Bertz CT molecular complexity index is 883. The molecule has 1 aliphatic carbocycles. The van der Waals surface area contributed by atoms with Crippen molar-refractivity contribution in [3.05, 3.63) is 53.5 Å². The van der Waals surface area contributed by atoms with Gasteiger partial charge < -0.3 is 9.73 Å². The SMILES string of the molecule is Cc1ccc(S(=O)(=O)NCc2ccco2)cc1C(=O)NC1CCC(C)CC1. The van der Waals surface area contributed by atoms with Crippen molar-refractivity contribution in [2.75, 3.05) is 0 Å². The maximum absolute atomic E-state index is 12.7. The van der Waals surface area contributed by atoms with Crippen molar-refractivity contribution < 1.29 is 17.6 Å². The zero-order valence-corrected chi connectivity index (χ0v) is 16.5. The summed E-state index contributed by atoms with van der Waals surface area (Å²) >= 11 is 0. The largest absolute Gasteiger partial charge is 0.468 e. The van der Waals surface area contributed by atoms with Crippen molar-refractivity contribution in [1.82, 2.24) is 10.0 Å². The number of sulfonamides is 1. The van der Waals surface area contributed by atoms with Gasteiger partial charge in [0.15, 0.2) is 0 Å². The van der Waals surface area contributed by atoms with Crippen molar-refractivity contribution in [3.8, 4) is 0 Å². The molecule has 6 nitrogen and oxygen atoms in total. The highest BCUT2D eigenvalue weighted by Gasteiger charge is 2.22. The summed E-state index contributed by atoms with van der Waals surface area (Å²) in [7, 11) is -3.74. The van der Waals surface area contributed by atoms with E-state index in [0.29, 0.717) is 17.2 Å². The van der Waals surface area contributed by atoms with Crippen LogP contribution >= 0.6 is 0 Å². The Kier molecular flexibility index (Phi) is 6.01. The Labute approximate surface area is 160 Å². The molecule has 0 radical (unpaired) electrons. The van der Waals surface area contributed by atoms with E-state index in [0.717, 1.165) is 31.2 Å². The van der Waals surface area contributed by atoms with E-state index in [-0.39, 0.29) is 23.4 Å². The first-order chi connectivity index (χ1) is 12.8. The molecule has 146 valence electrons. The summed E-state index contributed by atoms with van der Waals surface area (Å²) in [5.74, 6) is 1.01. The van der Waals surface area contributed by atoms with Crippen LogP contribution in [0.4, 0.5) is 0 Å². The second-order valence-electron chi connectivity index (χ2n) is 7.31. The van der Waals surface area contributed by atoms with E-state index in [4.69, 9.17) is 4.42 Å². The second kappa shape index (κ2) is 8.27. The lowest BCUT2D eigenvalue weighted by molar-refractivity contribution is 0.0922. The maximum Gasteiger partial charge on any atom is 0.251 e. The third-order valence-electron chi connectivity index (χ3n) is 5.13. The number of furan rings is 1. The van der Waals surface area contributed by atoms with Crippen LogP contribution in [-0.2, 0) is 16.6 Å². The smallest absolute Gasteiger partial charge is 0.251 e. The van der Waals surface area contributed by atoms with Gasteiger partial charge in [-0.25, -0.2) is 13.1 Å². The molecule has 2 aromatic rings. The molecule has 1 amide bonds. The van der Waals surface area contributed by atoms with Crippen LogP contribution in [0, 0.1) is 12.8 Å². The van der Waals surface area contributed by atoms with Crippen LogP contribution in [-0.4, -0.2) is 20.4 Å². The predicted molar refractivity (Wildman–Crippen MR) is 103 cm³/mol. The minimum atomic E-state index is -3.74. The quantitative estimate of drug-likeness (QED) is 0.791. The van der Waals surface area contributed by atoms with Gasteiger partial charge in [-0.15, -0.1) is 0 Å². The number of amides is 1. The molecule has 0 saturated heterocycles. The van der Waals surface area contributed by atoms with E-state index in [1.165, 1.54) is 18.4 Å². The van der Waals surface area contributed by atoms with Gasteiger partial charge in [-0.2, -0.15) is 0 Å². The summed E-state index contributed by atoms with van der Waals surface area (Å²) < 4.78 is 32.8. The molecule has 27 heavy (non-hydrogen) atoms. The number of hydrogen-bond donors (Lipinski definition) is 2. The number of rotatable bonds is 6. The molecule has 0 atom stereocenters. The molecule has 1 fully saturated rings. The Balaban J connectivity index is 1.72. The van der Waals surface area contributed by atoms with Gasteiger partial charge in [0.1, 0.15) is 5.76 Å². The van der Waals surface area contributed by atoms with E-state index in [1.54, 1.807) is 18.2 Å². The third kappa shape index (κ3) is 4.99. The molecule has 1 heterocycles. The molecule has 1 saturated carbocycles. The Morgan fingerprint density at radius 2 is 1.93 bits per heavy atom. The molecule has 1 aliphatic rings. The zero-order chi connectivity index (χ0) is 19.4. The number of aryl methyl sites for hydroxylation is 1. The third-order valence-corrected chi connectivity index (χ3v) is 6.53. The lowest BCUT2D eigenvalue weighted by atomic mass is 9.87. The summed E-state index contributed by atoms with van der Waals surface area (Å²) in [6, 6.07) is 8.18. The second-order valence-corrected chi connectivity index (χ2v) is 9.08. The molecule has 0 unspecified atom stereocenters. The van der Waals surface area contributed by atoms with Gasteiger partial charge in [-0.05, 0) is 68.4 Å². The molecule has 3 rings (SSSR count). The molecule has 1 aromatic carbocycles. The van der Waals surface area contributed by atoms with E-state index in [2.05, 4.69) is 17.0 Å². The van der Waals surface area contributed by atoms with E-state index >= 15 is 0 Å². The van der Waals surface area contributed by atoms with Crippen LogP contribution < -0.4 is 10.0 Å². The number of carbonyl (C=O) groups excluding carboxylic acids is 1. The minimum absolute atomic E-state index is 0.0605. The molecule has 2 N–H and O–H groups in total. The fourth-order valence-electron chi connectivity index (χ4n) is 3.34.